The topological polar surface area (TPSA) is 69.6 Å². The van der Waals surface area contributed by atoms with Gasteiger partial charge in [0.2, 0.25) is 0 Å². The van der Waals surface area contributed by atoms with E-state index in [0.717, 1.165) is 65.9 Å². The van der Waals surface area contributed by atoms with Crippen molar-refractivity contribution in [1.82, 2.24) is 24.5 Å². The third kappa shape index (κ3) is 4.31. The Morgan fingerprint density at radius 3 is 1.92 bits per heavy atom. The first-order chi connectivity index (χ1) is 25.8. The van der Waals surface area contributed by atoms with Crippen LogP contribution in [0, 0.1) is 0 Å². The van der Waals surface area contributed by atoms with Crippen LogP contribution in [0.1, 0.15) is 0 Å². The van der Waals surface area contributed by atoms with Crippen LogP contribution >= 0.6 is 0 Å². The minimum Gasteiger partial charge on any atom is -0.454 e. The predicted molar refractivity (Wildman–Crippen MR) is 211 cm³/mol. The highest BCUT2D eigenvalue weighted by atomic mass is 16.3. The van der Waals surface area contributed by atoms with Crippen molar-refractivity contribution in [2.75, 3.05) is 0 Å². The molecule has 0 aliphatic carbocycles. The van der Waals surface area contributed by atoms with Crippen LogP contribution in [0.25, 0.3) is 105 Å². The molecule has 0 aliphatic heterocycles. The van der Waals surface area contributed by atoms with E-state index in [1.807, 2.05) is 18.2 Å². The second-order valence-corrected chi connectivity index (χ2v) is 13.1. The molecular weight excluding hydrogens is 639 g/mol. The molecule has 242 valence electrons. The highest BCUT2D eigenvalue weighted by Gasteiger charge is 2.20. The average Bonchev–Trinajstić information content (AvgIpc) is 3.76. The summed E-state index contributed by atoms with van der Waals surface area (Å²) in [5, 5.41) is 8.83. The molecule has 0 unspecified atom stereocenters. The number of aromatic nitrogens is 5. The van der Waals surface area contributed by atoms with Crippen LogP contribution in [0.5, 0.6) is 0 Å². The zero-order chi connectivity index (χ0) is 34.2. The summed E-state index contributed by atoms with van der Waals surface area (Å²) in [6.07, 6.45) is 3.54. The van der Waals surface area contributed by atoms with Crippen LogP contribution in [-0.2, 0) is 0 Å². The van der Waals surface area contributed by atoms with E-state index in [0.29, 0.717) is 17.5 Å². The lowest BCUT2D eigenvalue weighted by Crippen LogP contribution is -2.02. The zero-order valence-corrected chi connectivity index (χ0v) is 27.7. The van der Waals surface area contributed by atoms with Crippen molar-refractivity contribution in [2.24, 2.45) is 0 Å². The highest BCUT2D eigenvalue weighted by Crippen LogP contribution is 2.40. The largest absolute Gasteiger partial charge is 0.454 e. The normalized spacial score (nSPS) is 11.8. The van der Waals surface area contributed by atoms with Gasteiger partial charge in [0.05, 0.1) is 22.9 Å². The number of benzene rings is 7. The van der Waals surface area contributed by atoms with Gasteiger partial charge in [-0.1, -0.05) is 109 Å². The summed E-state index contributed by atoms with van der Waals surface area (Å²) in [7, 11) is 0. The van der Waals surface area contributed by atoms with Crippen molar-refractivity contribution in [3.63, 3.8) is 0 Å². The van der Waals surface area contributed by atoms with E-state index in [2.05, 4.69) is 143 Å². The lowest BCUT2D eigenvalue weighted by molar-refractivity contribution is 0.667. The summed E-state index contributed by atoms with van der Waals surface area (Å²) < 4.78 is 8.59. The molecule has 4 aromatic heterocycles. The number of para-hydroxylation sites is 2. The van der Waals surface area contributed by atoms with Gasteiger partial charge in [0, 0.05) is 49.8 Å². The standard InChI is InChI=1S/C46H27N5O/c1-2-11-29-26-30(21-20-28(29)10-1)44-48-45(50-46(49-44)37-16-9-19-41-43(37)36-24-25-47-27-42(36)52-41)35-22-23-40(32-13-4-3-12-31(32)35)51-38-17-7-5-14-33(38)34-15-6-8-18-39(34)51/h1-27H. The Labute approximate surface area is 297 Å². The smallest absolute Gasteiger partial charge is 0.164 e. The molecule has 0 saturated carbocycles. The van der Waals surface area contributed by atoms with E-state index in [-0.39, 0.29) is 0 Å². The van der Waals surface area contributed by atoms with Crippen molar-refractivity contribution < 1.29 is 4.42 Å². The maximum absolute atomic E-state index is 6.22. The molecule has 11 aromatic rings. The van der Waals surface area contributed by atoms with E-state index < -0.39 is 0 Å². The Morgan fingerprint density at radius 2 is 1.12 bits per heavy atom. The van der Waals surface area contributed by atoms with Gasteiger partial charge >= 0.3 is 0 Å². The average molecular weight is 666 g/mol. The fourth-order valence-corrected chi connectivity index (χ4v) is 7.80. The van der Waals surface area contributed by atoms with Gasteiger partial charge in [-0.3, -0.25) is 4.98 Å². The molecule has 7 aromatic carbocycles. The van der Waals surface area contributed by atoms with E-state index in [1.165, 1.54) is 21.8 Å². The van der Waals surface area contributed by atoms with Gasteiger partial charge in [-0.05, 0) is 58.6 Å². The second-order valence-electron chi connectivity index (χ2n) is 13.1. The quantitative estimate of drug-likeness (QED) is 0.187. The fourth-order valence-electron chi connectivity index (χ4n) is 7.80. The first-order valence-corrected chi connectivity index (χ1v) is 17.3. The number of furan rings is 1. The van der Waals surface area contributed by atoms with Gasteiger partial charge in [0.1, 0.15) is 5.58 Å². The monoisotopic (exact) mass is 665 g/mol. The minimum atomic E-state index is 0.578. The zero-order valence-electron chi connectivity index (χ0n) is 27.7. The third-order valence-electron chi connectivity index (χ3n) is 10.1. The molecule has 0 fully saturated rings. The summed E-state index contributed by atoms with van der Waals surface area (Å²) in [5.41, 5.74) is 7.64. The molecule has 11 rings (SSSR count). The Bertz CT molecular complexity index is 3160. The van der Waals surface area contributed by atoms with Gasteiger partial charge in [-0.15, -0.1) is 0 Å². The number of hydrogen-bond donors (Lipinski definition) is 0. The van der Waals surface area contributed by atoms with Gasteiger partial charge in [-0.25, -0.2) is 15.0 Å². The maximum atomic E-state index is 6.22. The molecular formula is C46H27N5O. The number of pyridine rings is 1. The molecule has 6 nitrogen and oxygen atoms in total. The number of fused-ring (bicyclic) bond motifs is 8. The summed E-state index contributed by atoms with van der Waals surface area (Å²) in [6.45, 7) is 0. The Hall–Kier alpha value is -7.18. The Kier molecular flexibility index (Phi) is 6.15. The molecule has 0 radical (unpaired) electrons. The molecule has 4 heterocycles. The molecule has 0 amide bonds. The van der Waals surface area contributed by atoms with E-state index in [4.69, 9.17) is 19.4 Å². The molecule has 0 aliphatic rings. The van der Waals surface area contributed by atoms with E-state index >= 15 is 0 Å². The Morgan fingerprint density at radius 1 is 0.442 bits per heavy atom. The molecule has 52 heavy (non-hydrogen) atoms. The molecule has 0 atom stereocenters. The van der Waals surface area contributed by atoms with Gasteiger partial charge in [0.15, 0.2) is 23.1 Å². The van der Waals surface area contributed by atoms with Gasteiger partial charge in [0.25, 0.3) is 0 Å². The summed E-state index contributed by atoms with van der Waals surface area (Å²) in [6, 6.07) is 52.9. The molecule has 0 saturated heterocycles. The van der Waals surface area contributed by atoms with E-state index in [1.54, 1.807) is 12.4 Å². The first kappa shape index (κ1) is 28.6. The summed E-state index contributed by atoms with van der Waals surface area (Å²) in [5.74, 6) is 1.78. The van der Waals surface area contributed by atoms with Crippen molar-refractivity contribution >= 4 is 65.3 Å². The number of hydrogen-bond acceptors (Lipinski definition) is 5. The minimum absolute atomic E-state index is 0.578. The van der Waals surface area contributed by atoms with Crippen molar-refractivity contribution in [1.29, 1.82) is 0 Å². The first-order valence-electron chi connectivity index (χ1n) is 17.3. The highest BCUT2D eigenvalue weighted by molar-refractivity contribution is 6.13. The van der Waals surface area contributed by atoms with Crippen LogP contribution in [-0.4, -0.2) is 24.5 Å². The van der Waals surface area contributed by atoms with Gasteiger partial charge < -0.3 is 8.98 Å². The van der Waals surface area contributed by atoms with Crippen LogP contribution < -0.4 is 0 Å². The van der Waals surface area contributed by atoms with E-state index in [9.17, 15) is 0 Å². The molecule has 0 spiro atoms. The summed E-state index contributed by atoms with van der Waals surface area (Å²) >= 11 is 0. The lowest BCUT2D eigenvalue weighted by Gasteiger charge is -2.15. The lowest BCUT2D eigenvalue weighted by atomic mass is 10.0. The molecule has 0 N–H and O–H groups in total. The number of rotatable bonds is 4. The molecule has 6 heteroatoms. The van der Waals surface area contributed by atoms with Crippen molar-refractivity contribution in [3.05, 3.63) is 164 Å². The SMILES string of the molecule is c1ccc2cc(-c3nc(-c4ccc(-n5c6ccccc6c6ccccc65)c5ccccc45)nc(-c4cccc5oc6cnccc6c45)n3)ccc2c1. The van der Waals surface area contributed by atoms with Crippen LogP contribution in [0.15, 0.2) is 168 Å². The van der Waals surface area contributed by atoms with Crippen LogP contribution in [0.3, 0.4) is 0 Å². The fraction of sp³-hybridized carbons (Fsp3) is 0. The van der Waals surface area contributed by atoms with Crippen molar-refractivity contribution in [3.8, 4) is 39.9 Å². The van der Waals surface area contributed by atoms with Gasteiger partial charge in [-0.2, -0.15) is 0 Å². The van der Waals surface area contributed by atoms with Crippen LogP contribution in [0.2, 0.25) is 0 Å². The summed E-state index contributed by atoms with van der Waals surface area (Å²) in [4.78, 5) is 19.9. The van der Waals surface area contributed by atoms with Crippen LogP contribution in [0.4, 0.5) is 0 Å². The third-order valence-corrected chi connectivity index (χ3v) is 10.1. The number of nitrogens with zero attached hydrogens (tertiary/aromatic N) is 5. The maximum Gasteiger partial charge on any atom is 0.164 e. The molecule has 0 bridgehead atoms. The second kappa shape index (κ2) is 11.2. The Balaban J connectivity index is 1.18. The predicted octanol–water partition coefficient (Wildman–Crippen LogP) is 11.6. The van der Waals surface area contributed by atoms with Crippen molar-refractivity contribution in [2.45, 2.75) is 0 Å².